The van der Waals surface area contributed by atoms with Crippen LogP contribution in [0.25, 0.3) is 0 Å². The number of hydrogen-bond donors (Lipinski definition) is 1. The summed E-state index contributed by atoms with van der Waals surface area (Å²) < 4.78 is 5.05. The average Bonchev–Trinajstić information content (AvgIpc) is 2.37. The Labute approximate surface area is 108 Å². The van der Waals surface area contributed by atoms with Gasteiger partial charge in [-0.2, -0.15) is 0 Å². The third-order valence-corrected chi connectivity index (χ3v) is 3.09. The number of carbonyl (C=O) groups excluding carboxylic acids is 1. The summed E-state index contributed by atoms with van der Waals surface area (Å²) in [4.78, 5) is 15.9. The molecule has 0 bridgehead atoms. The summed E-state index contributed by atoms with van der Waals surface area (Å²) in [5.41, 5.74) is -0.547. The molecule has 0 aromatic carbocycles. The molecule has 2 unspecified atom stereocenters. The Morgan fingerprint density at radius 2 is 2.06 bits per heavy atom. The van der Waals surface area contributed by atoms with E-state index < -0.39 is 11.5 Å². The van der Waals surface area contributed by atoms with E-state index in [2.05, 4.69) is 4.98 Å². The monoisotopic (exact) mass is 251 g/mol. The van der Waals surface area contributed by atoms with Crippen molar-refractivity contribution in [3.63, 3.8) is 0 Å². The van der Waals surface area contributed by atoms with Crippen LogP contribution in [0.3, 0.4) is 0 Å². The van der Waals surface area contributed by atoms with E-state index in [1.165, 1.54) is 0 Å². The van der Waals surface area contributed by atoms with Crippen LogP contribution in [0.1, 0.15) is 39.2 Å². The SMILES string of the molecule is CCCC(C(=O)OCC)C(C)(O)c1ccncc1. The number of aromatic nitrogens is 1. The van der Waals surface area contributed by atoms with Crippen molar-refractivity contribution in [1.29, 1.82) is 0 Å². The molecule has 1 aromatic heterocycles. The molecule has 0 aliphatic rings. The minimum atomic E-state index is -1.23. The third-order valence-electron chi connectivity index (χ3n) is 3.09. The Hall–Kier alpha value is -1.42. The molecule has 1 heterocycles. The van der Waals surface area contributed by atoms with Gasteiger partial charge in [-0.3, -0.25) is 9.78 Å². The molecule has 4 heteroatoms. The summed E-state index contributed by atoms with van der Waals surface area (Å²) in [7, 11) is 0. The molecule has 4 nitrogen and oxygen atoms in total. The standard InChI is InChI=1S/C14H21NO3/c1-4-6-12(13(16)18-5-2)14(3,17)11-7-9-15-10-8-11/h7-10,12,17H,4-6H2,1-3H3. The Balaban J connectivity index is 3.00. The van der Waals surface area contributed by atoms with Crippen molar-refractivity contribution < 1.29 is 14.6 Å². The summed E-state index contributed by atoms with van der Waals surface area (Å²) in [6, 6.07) is 3.45. The second kappa shape index (κ2) is 6.50. The number of pyridine rings is 1. The zero-order valence-corrected chi connectivity index (χ0v) is 11.2. The molecule has 0 saturated carbocycles. The van der Waals surface area contributed by atoms with Gasteiger partial charge in [0, 0.05) is 12.4 Å². The Morgan fingerprint density at radius 1 is 1.44 bits per heavy atom. The van der Waals surface area contributed by atoms with E-state index in [-0.39, 0.29) is 5.97 Å². The first-order chi connectivity index (χ1) is 8.54. The summed E-state index contributed by atoms with van der Waals surface area (Å²) in [6.45, 7) is 5.72. The maximum Gasteiger partial charge on any atom is 0.312 e. The van der Waals surface area contributed by atoms with Gasteiger partial charge >= 0.3 is 5.97 Å². The Bertz CT molecular complexity index is 376. The zero-order chi connectivity index (χ0) is 13.6. The summed E-state index contributed by atoms with van der Waals surface area (Å²) >= 11 is 0. The van der Waals surface area contributed by atoms with Gasteiger partial charge in [0.1, 0.15) is 5.60 Å². The van der Waals surface area contributed by atoms with Crippen LogP contribution >= 0.6 is 0 Å². The van der Waals surface area contributed by atoms with Crippen molar-refractivity contribution in [3.8, 4) is 0 Å². The molecular weight excluding hydrogens is 230 g/mol. The van der Waals surface area contributed by atoms with E-state index in [0.29, 0.717) is 18.6 Å². The van der Waals surface area contributed by atoms with E-state index in [4.69, 9.17) is 4.74 Å². The lowest BCUT2D eigenvalue weighted by atomic mass is 9.80. The highest BCUT2D eigenvalue weighted by molar-refractivity contribution is 5.74. The summed E-state index contributed by atoms with van der Waals surface area (Å²) in [5.74, 6) is -0.897. The summed E-state index contributed by atoms with van der Waals surface area (Å²) in [6.07, 6.45) is 4.62. The third kappa shape index (κ3) is 3.29. The van der Waals surface area contributed by atoms with Crippen molar-refractivity contribution in [2.24, 2.45) is 5.92 Å². The lowest BCUT2D eigenvalue weighted by molar-refractivity contribution is -0.158. The maximum atomic E-state index is 12.0. The zero-order valence-electron chi connectivity index (χ0n) is 11.2. The number of hydrogen-bond acceptors (Lipinski definition) is 4. The average molecular weight is 251 g/mol. The van der Waals surface area contributed by atoms with Gasteiger partial charge in [0.15, 0.2) is 0 Å². The molecule has 18 heavy (non-hydrogen) atoms. The molecule has 0 aliphatic heterocycles. The minimum Gasteiger partial charge on any atom is -0.466 e. The van der Waals surface area contributed by atoms with E-state index in [9.17, 15) is 9.90 Å². The van der Waals surface area contributed by atoms with Gasteiger partial charge < -0.3 is 9.84 Å². The molecule has 0 fully saturated rings. The Kier molecular flexibility index (Phi) is 5.28. The number of nitrogens with zero attached hydrogens (tertiary/aromatic N) is 1. The molecular formula is C14H21NO3. The van der Waals surface area contributed by atoms with Gasteiger partial charge in [0.2, 0.25) is 0 Å². The molecule has 0 aliphatic carbocycles. The van der Waals surface area contributed by atoms with Gasteiger partial charge in [0.05, 0.1) is 12.5 Å². The van der Waals surface area contributed by atoms with Crippen LogP contribution < -0.4 is 0 Å². The molecule has 0 amide bonds. The van der Waals surface area contributed by atoms with E-state index in [1.807, 2.05) is 6.92 Å². The lowest BCUT2D eigenvalue weighted by Crippen LogP contribution is -2.38. The molecule has 0 saturated heterocycles. The number of esters is 1. The van der Waals surface area contributed by atoms with Crippen molar-refractivity contribution in [2.75, 3.05) is 6.61 Å². The van der Waals surface area contributed by atoms with Crippen LogP contribution in [0, 0.1) is 5.92 Å². The van der Waals surface area contributed by atoms with Crippen LogP contribution in [0.2, 0.25) is 0 Å². The molecule has 100 valence electrons. The Morgan fingerprint density at radius 3 is 2.56 bits per heavy atom. The first kappa shape index (κ1) is 14.6. The number of aliphatic hydroxyl groups is 1. The van der Waals surface area contributed by atoms with Gasteiger partial charge in [-0.1, -0.05) is 13.3 Å². The normalized spacial score (nSPS) is 15.8. The molecule has 1 N–H and O–H groups in total. The van der Waals surface area contributed by atoms with Gasteiger partial charge in [-0.15, -0.1) is 0 Å². The topological polar surface area (TPSA) is 59.4 Å². The fourth-order valence-corrected chi connectivity index (χ4v) is 2.05. The maximum absolute atomic E-state index is 12.0. The quantitative estimate of drug-likeness (QED) is 0.788. The molecule has 1 aromatic rings. The van der Waals surface area contributed by atoms with Crippen molar-refractivity contribution in [3.05, 3.63) is 30.1 Å². The second-order valence-corrected chi connectivity index (χ2v) is 4.48. The van der Waals surface area contributed by atoms with Crippen molar-refractivity contribution >= 4 is 5.97 Å². The predicted molar refractivity (Wildman–Crippen MR) is 68.8 cm³/mol. The second-order valence-electron chi connectivity index (χ2n) is 4.48. The minimum absolute atomic E-state index is 0.325. The van der Waals surface area contributed by atoms with E-state index >= 15 is 0 Å². The highest BCUT2D eigenvalue weighted by atomic mass is 16.5. The van der Waals surface area contributed by atoms with Crippen LogP contribution in [-0.4, -0.2) is 22.7 Å². The van der Waals surface area contributed by atoms with Gasteiger partial charge in [0.25, 0.3) is 0 Å². The summed E-state index contributed by atoms with van der Waals surface area (Å²) in [5, 5.41) is 10.6. The van der Waals surface area contributed by atoms with Crippen LogP contribution in [0.4, 0.5) is 0 Å². The van der Waals surface area contributed by atoms with Crippen molar-refractivity contribution in [1.82, 2.24) is 4.98 Å². The smallest absolute Gasteiger partial charge is 0.312 e. The van der Waals surface area contributed by atoms with Gasteiger partial charge in [-0.05, 0) is 38.0 Å². The predicted octanol–water partition coefficient (Wildman–Crippen LogP) is 2.27. The number of ether oxygens (including phenoxy) is 1. The first-order valence-corrected chi connectivity index (χ1v) is 6.33. The first-order valence-electron chi connectivity index (χ1n) is 6.33. The van der Waals surface area contributed by atoms with Crippen molar-refractivity contribution in [2.45, 2.75) is 39.2 Å². The van der Waals surface area contributed by atoms with Crippen LogP contribution in [0.15, 0.2) is 24.5 Å². The van der Waals surface area contributed by atoms with E-state index in [0.717, 1.165) is 6.42 Å². The molecule has 2 atom stereocenters. The number of carbonyl (C=O) groups is 1. The fourth-order valence-electron chi connectivity index (χ4n) is 2.05. The highest BCUT2D eigenvalue weighted by Crippen LogP contribution is 2.33. The molecule has 1 rings (SSSR count). The van der Waals surface area contributed by atoms with Crippen LogP contribution in [-0.2, 0) is 15.1 Å². The van der Waals surface area contributed by atoms with E-state index in [1.54, 1.807) is 38.4 Å². The van der Waals surface area contributed by atoms with Gasteiger partial charge in [-0.25, -0.2) is 0 Å². The lowest BCUT2D eigenvalue weighted by Gasteiger charge is -2.31. The number of rotatable bonds is 6. The fraction of sp³-hybridized carbons (Fsp3) is 0.571. The molecule has 0 spiro atoms. The van der Waals surface area contributed by atoms with Crippen LogP contribution in [0.5, 0.6) is 0 Å². The highest BCUT2D eigenvalue weighted by Gasteiger charge is 2.39. The molecule has 0 radical (unpaired) electrons. The largest absolute Gasteiger partial charge is 0.466 e.